The van der Waals surface area contributed by atoms with Gasteiger partial charge in [0.25, 0.3) is 0 Å². The average molecular weight is 394 g/mol. The number of carbonyl (C=O) groups is 2. The van der Waals surface area contributed by atoms with Gasteiger partial charge >= 0.3 is 0 Å². The van der Waals surface area contributed by atoms with Gasteiger partial charge in [-0.15, -0.1) is 0 Å². The van der Waals surface area contributed by atoms with Gasteiger partial charge in [0.15, 0.2) is 0 Å². The molecular formula is C24H31N3O2. The zero-order valence-electron chi connectivity index (χ0n) is 17.2. The summed E-state index contributed by atoms with van der Waals surface area (Å²) in [6, 6.07) is 20.2. The number of nitrogens with zero attached hydrogens (tertiary/aromatic N) is 2. The molecule has 1 aliphatic rings. The Morgan fingerprint density at radius 1 is 1.03 bits per heavy atom. The predicted octanol–water partition coefficient (Wildman–Crippen LogP) is 2.51. The van der Waals surface area contributed by atoms with Crippen LogP contribution in [-0.2, 0) is 22.4 Å². The van der Waals surface area contributed by atoms with E-state index in [1.54, 1.807) is 4.90 Å². The minimum Gasteiger partial charge on any atom is -0.353 e. The molecule has 1 atom stereocenters. The van der Waals surface area contributed by atoms with Crippen molar-refractivity contribution in [2.75, 3.05) is 33.2 Å². The number of piperazine rings is 1. The SMILES string of the molecule is CN(CCc1ccccc1)C(=O)CC1C(=O)NCCN1CCCc1ccccc1. The first-order chi connectivity index (χ1) is 14.1. The molecule has 5 nitrogen and oxygen atoms in total. The fourth-order valence-electron chi connectivity index (χ4n) is 3.77. The summed E-state index contributed by atoms with van der Waals surface area (Å²) in [5.41, 5.74) is 2.52. The van der Waals surface area contributed by atoms with E-state index in [9.17, 15) is 9.59 Å². The minimum absolute atomic E-state index is 0.0241. The molecule has 2 amide bonds. The first kappa shape index (κ1) is 21.1. The second-order valence-corrected chi connectivity index (χ2v) is 7.69. The molecule has 1 aliphatic heterocycles. The Kier molecular flexibility index (Phi) is 7.82. The van der Waals surface area contributed by atoms with Crippen LogP contribution in [0.1, 0.15) is 24.0 Å². The molecule has 2 aromatic carbocycles. The largest absolute Gasteiger partial charge is 0.353 e. The second-order valence-electron chi connectivity index (χ2n) is 7.69. The molecule has 1 saturated heterocycles. The third-order valence-corrected chi connectivity index (χ3v) is 5.57. The maximum absolute atomic E-state index is 12.7. The number of likely N-dealkylation sites (N-methyl/N-ethyl adjacent to an activating group) is 1. The molecule has 1 unspecified atom stereocenters. The third kappa shape index (κ3) is 6.43. The van der Waals surface area contributed by atoms with E-state index in [1.165, 1.54) is 11.1 Å². The minimum atomic E-state index is -0.369. The van der Waals surface area contributed by atoms with E-state index in [0.717, 1.165) is 32.4 Å². The van der Waals surface area contributed by atoms with E-state index >= 15 is 0 Å². The summed E-state index contributed by atoms with van der Waals surface area (Å²) in [6.45, 7) is 2.93. The van der Waals surface area contributed by atoms with Gasteiger partial charge in [-0.1, -0.05) is 60.7 Å². The first-order valence-electron chi connectivity index (χ1n) is 10.5. The topological polar surface area (TPSA) is 52.7 Å². The lowest BCUT2D eigenvalue weighted by molar-refractivity contribution is -0.138. The van der Waals surface area contributed by atoms with Gasteiger partial charge in [-0.25, -0.2) is 0 Å². The van der Waals surface area contributed by atoms with Crippen LogP contribution in [0.3, 0.4) is 0 Å². The lowest BCUT2D eigenvalue weighted by Crippen LogP contribution is -2.56. The number of rotatable bonds is 9. The van der Waals surface area contributed by atoms with Crippen molar-refractivity contribution in [3.63, 3.8) is 0 Å². The van der Waals surface area contributed by atoms with Crippen LogP contribution < -0.4 is 5.32 Å². The van der Waals surface area contributed by atoms with E-state index in [-0.39, 0.29) is 24.3 Å². The van der Waals surface area contributed by atoms with E-state index in [4.69, 9.17) is 0 Å². The van der Waals surface area contributed by atoms with Gasteiger partial charge < -0.3 is 10.2 Å². The number of amides is 2. The summed E-state index contributed by atoms with van der Waals surface area (Å²) in [4.78, 5) is 29.1. The lowest BCUT2D eigenvalue weighted by atomic mass is 10.1. The van der Waals surface area contributed by atoms with E-state index in [0.29, 0.717) is 13.1 Å². The molecule has 0 bridgehead atoms. The first-order valence-corrected chi connectivity index (χ1v) is 10.5. The molecule has 1 heterocycles. The van der Waals surface area contributed by atoms with Crippen LogP contribution in [0.15, 0.2) is 60.7 Å². The fraction of sp³-hybridized carbons (Fsp3) is 0.417. The number of carbonyl (C=O) groups excluding carboxylic acids is 2. The van der Waals surface area contributed by atoms with Crippen LogP contribution >= 0.6 is 0 Å². The van der Waals surface area contributed by atoms with E-state index < -0.39 is 0 Å². The van der Waals surface area contributed by atoms with Crippen molar-refractivity contribution in [3.8, 4) is 0 Å². The molecule has 0 spiro atoms. The molecule has 0 radical (unpaired) electrons. The molecule has 3 rings (SSSR count). The van der Waals surface area contributed by atoms with Crippen LogP contribution in [0.4, 0.5) is 0 Å². The normalized spacial score (nSPS) is 17.0. The van der Waals surface area contributed by atoms with Crippen molar-refractivity contribution in [1.82, 2.24) is 15.1 Å². The average Bonchev–Trinajstić information content (AvgIpc) is 2.75. The Labute approximate surface area is 173 Å². The molecule has 1 N–H and O–H groups in total. The summed E-state index contributed by atoms with van der Waals surface area (Å²) < 4.78 is 0. The highest BCUT2D eigenvalue weighted by molar-refractivity contribution is 5.88. The van der Waals surface area contributed by atoms with Crippen LogP contribution in [0.5, 0.6) is 0 Å². The molecule has 2 aromatic rings. The zero-order valence-corrected chi connectivity index (χ0v) is 17.2. The van der Waals surface area contributed by atoms with Crippen LogP contribution in [0.2, 0.25) is 0 Å². The molecule has 5 heteroatoms. The Morgan fingerprint density at radius 3 is 2.31 bits per heavy atom. The van der Waals surface area contributed by atoms with Crippen molar-refractivity contribution in [2.45, 2.75) is 31.7 Å². The summed E-state index contributed by atoms with van der Waals surface area (Å²) >= 11 is 0. The summed E-state index contributed by atoms with van der Waals surface area (Å²) in [6.07, 6.45) is 3.02. The Balaban J connectivity index is 1.50. The molecule has 1 fully saturated rings. The number of aryl methyl sites for hydroxylation is 1. The maximum Gasteiger partial charge on any atom is 0.237 e. The highest BCUT2D eigenvalue weighted by atomic mass is 16.2. The second kappa shape index (κ2) is 10.8. The van der Waals surface area contributed by atoms with Gasteiger partial charge in [0, 0.05) is 26.7 Å². The predicted molar refractivity (Wildman–Crippen MR) is 116 cm³/mol. The van der Waals surface area contributed by atoms with Gasteiger partial charge in [-0.05, 0) is 36.9 Å². The summed E-state index contributed by atoms with van der Waals surface area (Å²) in [5, 5.41) is 2.92. The number of nitrogens with one attached hydrogen (secondary N) is 1. The lowest BCUT2D eigenvalue weighted by Gasteiger charge is -2.35. The summed E-state index contributed by atoms with van der Waals surface area (Å²) in [5.74, 6) is -0.00295. The van der Waals surface area contributed by atoms with E-state index in [2.05, 4.69) is 46.6 Å². The van der Waals surface area contributed by atoms with Gasteiger partial charge in [-0.3, -0.25) is 14.5 Å². The monoisotopic (exact) mass is 393 g/mol. The fourth-order valence-corrected chi connectivity index (χ4v) is 3.77. The molecule has 0 aromatic heterocycles. The Bertz CT molecular complexity index is 779. The molecular weight excluding hydrogens is 362 g/mol. The number of hydrogen-bond acceptors (Lipinski definition) is 3. The zero-order chi connectivity index (χ0) is 20.5. The standard InChI is InChI=1S/C24H31N3O2/c1-26(17-14-21-11-6-3-7-12-21)23(28)19-22-24(29)25-15-18-27(22)16-8-13-20-9-4-2-5-10-20/h2-7,9-12,22H,8,13-19H2,1H3,(H,25,29). The van der Waals surface area contributed by atoms with Crippen molar-refractivity contribution < 1.29 is 9.59 Å². The molecule has 154 valence electrons. The third-order valence-electron chi connectivity index (χ3n) is 5.57. The van der Waals surface area contributed by atoms with Gasteiger partial charge in [-0.2, -0.15) is 0 Å². The Hall–Kier alpha value is -2.66. The number of hydrogen-bond donors (Lipinski definition) is 1. The summed E-state index contributed by atoms with van der Waals surface area (Å²) in [7, 11) is 1.83. The molecule has 29 heavy (non-hydrogen) atoms. The number of benzene rings is 2. The highest BCUT2D eigenvalue weighted by Gasteiger charge is 2.31. The van der Waals surface area contributed by atoms with Crippen LogP contribution in [0, 0.1) is 0 Å². The van der Waals surface area contributed by atoms with Gasteiger partial charge in [0.1, 0.15) is 0 Å². The highest BCUT2D eigenvalue weighted by Crippen LogP contribution is 2.13. The molecule has 0 saturated carbocycles. The van der Waals surface area contributed by atoms with Gasteiger partial charge in [0.2, 0.25) is 11.8 Å². The maximum atomic E-state index is 12.7. The van der Waals surface area contributed by atoms with Crippen molar-refractivity contribution >= 4 is 11.8 Å². The quantitative estimate of drug-likeness (QED) is 0.712. The van der Waals surface area contributed by atoms with E-state index in [1.807, 2.05) is 31.3 Å². The smallest absolute Gasteiger partial charge is 0.237 e. The van der Waals surface area contributed by atoms with Crippen LogP contribution in [-0.4, -0.2) is 60.9 Å². The van der Waals surface area contributed by atoms with Crippen molar-refractivity contribution in [1.29, 1.82) is 0 Å². The van der Waals surface area contributed by atoms with Gasteiger partial charge in [0.05, 0.1) is 12.5 Å². The van der Waals surface area contributed by atoms with Crippen molar-refractivity contribution in [3.05, 3.63) is 71.8 Å². The Morgan fingerprint density at radius 2 is 1.66 bits per heavy atom. The molecule has 0 aliphatic carbocycles. The van der Waals surface area contributed by atoms with Crippen LogP contribution in [0.25, 0.3) is 0 Å². The van der Waals surface area contributed by atoms with Crippen molar-refractivity contribution in [2.24, 2.45) is 0 Å².